The summed E-state index contributed by atoms with van der Waals surface area (Å²) in [7, 11) is 8.05. The average Bonchev–Trinajstić information content (AvgIpc) is 3.85. The number of H-pyrrole nitrogens is 2. The number of carbonyl (C=O) groups is 1. The number of carbonyl (C=O) groups excluding carboxylic acids is 1. The first-order chi connectivity index (χ1) is 23.9. The minimum Gasteiger partial charge on any atom is -0.349 e. The summed E-state index contributed by atoms with van der Waals surface area (Å²) < 4.78 is 0. The number of benzene rings is 2. The maximum Gasteiger partial charge on any atom is 0.226 e. The molecule has 0 aliphatic heterocycles. The van der Waals surface area contributed by atoms with Crippen molar-refractivity contribution in [3.8, 4) is 33.6 Å². The minimum atomic E-state index is -0.406. The molecule has 2 heterocycles. The molecule has 1 aliphatic carbocycles. The van der Waals surface area contributed by atoms with Gasteiger partial charge in [-0.25, -0.2) is 15.0 Å². The van der Waals surface area contributed by atoms with Gasteiger partial charge in [-0.3, -0.25) is 4.79 Å². The molecule has 0 bridgehead atoms. The van der Waals surface area contributed by atoms with Crippen LogP contribution in [0.5, 0.6) is 0 Å². The fourth-order valence-electron chi connectivity index (χ4n) is 7.19. The number of rotatable bonds is 9. The number of hydrogen-bond acceptors (Lipinski definition) is 4. The third kappa shape index (κ3) is 8.57. The van der Waals surface area contributed by atoms with Crippen LogP contribution in [0.25, 0.3) is 33.6 Å². The van der Waals surface area contributed by atoms with Gasteiger partial charge in [0.15, 0.2) is 5.96 Å². The van der Waals surface area contributed by atoms with Gasteiger partial charge in [0.25, 0.3) is 0 Å². The standard InChI is InChI=1S/C42H60N8O/c1-40(2,3)34(47-38(51)42(7,8)31-15-13-14-16-31)36-43-25-32(45-36)29-21-17-27(18-22-29)28-19-23-30(24-20-28)33-26-44-37(46-33)35(41(4,5)6)48-39(49(9)10)50(11)12/h17-26,31,34-35H,13-16H2,1-12H3,(H,43,45)(H,44,46)(H,47,51)/t34-,35?/m1/s1. The number of amides is 1. The Morgan fingerprint density at radius 1 is 0.706 bits per heavy atom. The molecular formula is C42H60N8O. The van der Waals surface area contributed by atoms with Gasteiger partial charge >= 0.3 is 0 Å². The largest absolute Gasteiger partial charge is 0.349 e. The molecule has 0 spiro atoms. The lowest BCUT2D eigenvalue weighted by Gasteiger charge is -2.36. The summed E-state index contributed by atoms with van der Waals surface area (Å²) in [5.41, 5.74) is 5.54. The van der Waals surface area contributed by atoms with Gasteiger partial charge in [-0.05, 0) is 51.8 Å². The van der Waals surface area contributed by atoms with Gasteiger partial charge in [-0.1, -0.05) is 117 Å². The highest BCUT2D eigenvalue weighted by Gasteiger charge is 2.41. The van der Waals surface area contributed by atoms with Gasteiger partial charge in [-0.15, -0.1) is 0 Å². The van der Waals surface area contributed by atoms with E-state index in [1.807, 2.05) is 50.4 Å². The van der Waals surface area contributed by atoms with Crippen LogP contribution in [0, 0.1) is 22.2 Å². The molecule has 0 radical (unpaired) electrons. The number of imidazole rings is 2. The number of guanidine groups is 1. The molecule has 1 unspecified atom stereocenters. The maximum atomic E-state index is 13.6. The monoisotopic (exact) mass is 692 g/mol. The van der Waals surface area contributed by atoms with Crippen LogP contribution >= 0.6 is 0 Å². The minimum absolute atomic E-state index is 0.109. The maximum absolute atomic E-state index is 13.6. The van der Waals surface area contributed by atoms with Crippen molar-refractivity contribution in [2.24, 2.45) is 27.2 Å². The zero-order chi connectivity index (χ0) is 37.3. The second kappa shape index (κ2) is 14.7. The zero-order valence-electron chi connectivity index (χ0n) is 33.0. The van der Waals surface area contributed by atoms with Crippen molar-refractivity contribution in [1.29, 1.82) is 0 Å². The Hall–Kier alpha value is -4.40. The molecule has 1 saturated carbocycles. The number of aromatic amines is 2. The first-order valence-corrected chi connectivity index (χ1v) is 18.4. The molecule has 1 aliphatic rings. The van der Waals surface area contributed by atoms with Crippen molar-refractivity contribution >= 4 is 11.9 Å². The lowest BCUT2D eigenvalue weighted by molar-refractivity contribution is -0.133. The van der Waals surface area contributed by atoms with Crippen LogP contribution in [0.2, 0.25) is 0 Å². The molecule has 4 aromatic rings. The van der Waals surface area contributed by atoms with E-state index in [0.717, 1.165) is 64.1 Å². The lowest BCUT2D eigenvalue weighted by Crippen LogP contribution is -2.46. The molecule has 1 fully saturated rings. The third-order valence-corrected chi connectivity index (χ3v) is 10.4. The molecule has 51 heavy (non-hydrogen) atoms. The summed E-state index contributed by atoms with van der Waals surface area (Å²) in [6.07, 6.45) is 8.46. The molecule has 5 rings (SSSR count). The van der Waals surface area contributed by atoms with E-state index < -0.39 is 5.41 Å². The number of nitrogens with zero attached hydrogens (tertiary/aromatic N) is 5. The molecule has 9 heteroatoms. The van der Waals surface area contributed by atoms with Crippen LogP contribution in [0.1, 0.15) is 105 Å². The Kier molecular flexibility index (Phi) is 10.9. The number of aliphatic imine (C=N–C) groups is 1. The van der Waals surface area contributed by atoms with Crippen LogP contribution in [0.15, 0.2) is 65.9 Å². The quantitative estimate of drug-likeness (QED) is 0.120. The van der Waals surface area contributed by atoms with E-state index in [0.29, 0.717) is 5.92 Å². The van der Waals surface area contributed by atoms with E-state index in [1.165, 1.54) is 12.8 Å². The normalized spacial score (nSPS) is 15.4. The number of hydrogen-bond donors (Lipinski definition) is 3. The van der Waals surface area contributed by atoms with Crippen molar-refractivity contribution in [3.63, 3.8) is 0 Å². The van der Waals surface area contributed by atoms with Crippen molar-refractivity contribution in [3.05, 3.63) is 72.6 Å². The first kappa shape index (κ1) is 37.8. The Bertz CT molecular complexity index is 1780. The molecule has 0 saturated heterocycles. The van der Waals surface area contributed by atoms with Crippen LogP contribution < -0.4 is 5.32 Å². The second-order valence-corrected chi connectivity index (χ2v) is 17.5. The van der Waals surface area contributed by atoms with E-state index in [-0.39, 0.29) is 28.8 Å². The molecule has 3 N–H and O–H groups in total. The average molecular weight is 693 g/mol. The smallest absolute Gasteiger partial charge is 0.226 e. The van der Waals surface area contributed by atoms with Gasteiger partial charge in [0.2, 0.25) is 5.91 Å². The summed E-state index contributed by atoms with van der Waals surface area (Å²) in [5, 5.41) is 3.38. The summed E-state index contributed by atoms with van der Waals surface area (Å²) in [6.45, 7) is 17.2. The van der Waals surface area contributed by atoms with E-state index in [4.69, 9.17) is 15.0 Å². The number of aromatic nitrogens is 4. The van der Waals surface area contributed by atoms with E-state index in [1.54, 1.807) is 0 Å². The number of nitrogens with one attached hydrogen (secondary N) is 3. The highest BCUT2D eigenvalue weighted by Crippen LogP contribution is 2.42. The lowest BCUT2D eigenvalue weighted by atomic mass is 9.76. The summed E-state index contributed by atoms with van der Waals surface area (Å²) >= 11 is 0. The fraction of sp³-hybridized carbons (Fsp3) is 0.524. The SMILES string of the molecule is CN(C)C(=NC(c1ncc(-c2ccc(-c3ccc(-c4cnc([C@@H](NC(=O)C(C)(C)C5CCCC5)C(C)(C)C)[nH]4)cc3)cc2)[nH]1)C(C)(C)C)N(C)C. The van der Waals surface area contributed by atoms with Crippen molar-refractivity contribution in [2.45, 2.75) is 93.2 Å². The Balaban J connectivity index is 1.30. The van der Waals surface area contributed by atoms with Crippen LogP contribution in [-0.4, -0.2) is 69.8 Å². The molecule has 1 amide bonds. The predicted octanol–water partition coefficient (Wildman–Crippen LogP) is 9.12. The molecular weight excluding hydrogens is 633 g/mol. The summed E-state index contributed by atoms with van der Waals surface area (Å²) in [5.74, 6) is 3.07. The highest BCUT2D eigenvalue weighted by molar-refractivity contribution is 5.82. The van der Waals surface area contributed by atoms with Crippen molar-refractivity contribution < 1.29 is 4.79 Å². The van der Waals surface area contributed by atoms with E-state index in [9.17, 15) is 4.79 Å². The predicted molar refractivity (Wildman–Crippen MR) is 210 cm³/mol. The fourth-order valence-corrected chi connectivity index (χ4v) is 7.19. The summed E-state index contributed by atoms with van der Waals surface area (Å²) in [6, 6.07) is 16.7. The second-order valence-electron chi connectivity index (χ2n) is 17.5. The van der Waals surface area contributed by atoms with Crippen molar-refractivity contribution in [2.75, 3.05) is 28.2 Å². The van der Waals surface area contributed by atoms with Gasteiger partial charge in [0.05, 0.1) is 29.8 Å². The Morgan fingerprint density at radius 3 is 1.57 bits per heavy atom. The van der Waals surface area contributed by atoms with Gasteiger partial charge < -0.3 is 25.1 Å². The first-order valence-electron chi connectivity index (χ1n) is 18.4. The van der Waals surface area contributed by atoms with Gasteiger partial charge in [0, 0.05) is 33.6 Å². The molecule has 2 atom stereocenters. The Labute approximate surface area is 305 Å². The zero-order valence-corrected chi connectivity index (χ0v) is 33.0. The van der Waals surface area contributed by atoms with E-state index in [2.05, 4.69) is 119 Å². The van der Waals surface area contributed by atoms with Crippen molar-refractivity contribution in [1.82, 2.24) is 35.1 Å². The molecule has 2 aromatic carbocycles. The highest BCUT2D eigenvalue weighted by atomic mass is 16.2. The van der Waals surface area contributed by atoms with Crippen LogP contribution in [-0.2, 0) is 4.79 Å². The topological polar surface area (TPSA) is 105 Å². The Morgan fingerprint density at radius 2 is 1.14 bits per heavy atom. The van der Waals surface area contributed by atoms with E-state index >= 15 is 0 Å². The molecule has 2 aromatic heterocycles. The molecule has 274 valence electrons. The summed E-state index contributed by atoms with van der Waals surface area (Å²) in [4.78, 5) is 39.5. The molecule has 9 nitrogen and oxygen atoms in total. The van der Waals surface area contributed by atoms with Gasteiger partial charge in [0.1, 0.15) is 17.7 Å². The van der Waals surface area contributed by atoms with Crippen LogP contribution in [0.4, 0.5) is 0 Å². The third-order valence-electron chi connectivity index (χ3n) is 10.4. The van der Waals surface area contributed by atoms with Gasteiger partial charge in [-0.2, -0.15) is 0 Å². The van der Waals surface area contributed by atoms with Crippen LogP contribution in [0.3, 0.4) is 0 Å².